The van der Waals surface area contributed by atoms with Crippen molar-refractivity contribution in [3.63, 3.8) is 0 Å². The van der Waals surface area contributed by atoms with Crippen LogP contribution in [0.25, 0.3) is 11.3 Å². The summed E-state index contributed by atoms with van der Waals surface area (Å²) >= 11 is 1.15. The Labute approximate surface area is 338 Å². The highest BCUT2D eigenvalue weighted by molar-refractivity contribution is 8.00. The zero-order chi connectivity index (χ0) is 41.6. The minimum absolute atomic E-state index is 0.0151. The third kappa shape index (κ3) is 13.0. The molecular weight excluding hydrogens is 786 g/mol. The van der Waals surface area contributed by atoms with Crippen LogP contribution in [0.4, 0.5) is 22.8 Å². The number of carboxylic acids is 1. The molecule has 2 aromatic rings. The molecule has 0 radical (unpaired) electrons. The van der Waals surface area contributed by atoms with E-state index in [0.717, 1.165) is 42.8 Å². The first kappa shape index (κ1) is 44.5. The Hall–Kier alpha value is -4.56. The smallest absolute Gasteiger partial charge is 0.407 e. The first-order valence-electron chi connectivity index (χ1n) is 19.7. The average Bonchev–Trinajstić information content (AvgIpc) is 3.85. The zero-order valence-electron chi connectivity index (χ0n) is 32.4. The van der Waals surface area contributed by atoms with Crippen molar-refractivity contribution in [1.82, 2.24) is 41.5 Å². The van der Waals surface area contributed by atoms with Gasteiger partial charge in [0.1, 0.15) is 36.3 Å². The highest BCUT2D eigenvalue weighted by Gasteiger charge is 2.40. The summed E-state index contributed by atoms with van der Waals surface area (Å²) in [4.78, 5) is 71.1. The molecule has 3 fully saturated rings. The molecule has 3 saturated heterocycles. The maximum atomic E-state index is 15.0. The van der Waals surface area contributed by atoms with Crippen LogP contribution in [0.2, 0.25) is 0 Å². The standard InChI is InChI=1S/C38H53F3N8O8S/c1-22(20-57-38(55)44-11-5-3-2-4-10-43-32(50)15-31-35(51)48-30(21-58-31)36(52)53)46-37(54)49(19-24-16-42-17-28(24)41)33(23-8-12-56-13-9-23)34-45-18-29(47-34)26-14-25(39)6-7-27(26)40/h6-7,14,18,22-24,28,30-31,33,42H,2-5,8-13,15-17,19-21H2,1H3,(H,43,50)(H,44,55)(H,45,47)(H,46,54)(H,48,51)(H,52,53)/t22-,24-,28-,30-,31?,33+/m0/s1. The second-order valence-corrected chi connectivity index (χ2v) is 16.1. The summed E-state index contributed by atoms with van der Waals surface area (Å²) in [6.07, 6.45) is 3.58. The number of hydrogen-bond acceptors (Lipinski definition) is 10. The summed E-state index contributed by atoms with van der Waals surface area (Å²) in [6.45, 7) is 3.75. The first-order chi connectivity index (χ1) is 27.9. The first-order valence-corrected chi connectivity index (χ1v) is 20.8. The molecule has 1 aromatic heterocycles. The highest BCUT2D eigenvalue weighted by atomic mass is 32.2. The van der Waals surface area contributed by atoms with Crippen LogP contribution >= 0.6 is 11.8 Å². The van der Waals surface area contributed by atoms with E-state index in [1.807, 2.05) is 0 Å². The minimum atomic E-state index is -1.19. The zero-order valence-corrected chi connectivity index (χ0v) is 33.2. The number of urea groups is 1. The van der Waals surface area contributed by atoms with E-state index in [2.05, 4.69) is 36.6 Å². The van der Waals surface area contributed by atoms with Crippen LogP contribution < -0.4 is 26.6 Å². The monoisotopic (exact) mass is 838 g/mol. The van der Waals surface area contributed by atoms with E-state index in [1.54, 1.807) is 11.8 Å². The minimum Gasteiger partial charge on any atom is -0.480 e. The number of aliphatic carboxylic acids is 1. The van der Waals surface area contributed by atoms with E-state index in [9.17, 15) is 37.1 Å². The summed E-state index contributed by atoms with van der Waals surface area (Å²) in [5.74, 6) is -3.22. The fourth-order valence-corrected chi connectivity index (χ4v) is 8.31. The van der Waals surface area contributed by atoms with Gasteiger partial charge in [0.25, 0.3) is 0 Å². The largest absolute Gasteiger partial charge is 0.480 e. The molecule has 3 aliphatic heterocycles. The van der Waals surface area contributed by atoms with Crippen LogP contribution in [-0.2, 0) is 23.9 Å². The number of amides is 5. The molecule has 1 aromatic carbocycles. The number of halogens is 3. The number of imidazole rings is 1. The Morgan fingerprint density at radius 1 is 1.09 bits per heavy atom. The average molecular weight is 839 g/mol. The molecule has 0 saturated carbocycles. The Bertz CT molecular complexity index is 1720. The fraction of sp³-hybridized carbons (Fsp3) is 0.632. The second-order valence-electron chi connectivity index (χ2n) is 14.9. The van der Waals surface area contributed by atoms with E-state index in [4.69, 9.17) is 14.6 Å². The van der Waals surface area contributed by atoms with Gasteiger partial charge >= 0.3 is 18.1 Å². The number of alkyl halides is 1. The predicted octanol–water partition coefficient (Wildman–Crippen LogP) is 3.26. The van der Waals surface area contributed by atoms with Crippen molar-refractivity contribution in [2.75, 3.05) is 58.3 Å². The number of hydrogen-bond donors (Lipinski definition) is 7. The van der Waals surface area contributed by atoms with Crippen molar-refractivity contribution in [1.29, 1.82) is 0 Å². The maximum Gasteiger partial charge on any atom is 0.407 e. The lowest BCUT2D eigenvalue weighted by Crippen LogP contribution is -2.51. The number of carboxylic acid groups (broad SMARTS) is 1. The molecule has 16 nitrogen and oxygen atoms in total. The van der Waals surface area contributed by atoms with Crippen LogP contribution in [0.5, 0.6) is 0 Å². The Kier molecular flexibility index (Phi) is 16.9. The molecule has 320 valence electrons. The van der Waals surface area contributed by atoms with E-state index >= 15 is 0 Å². The van der Waals surface area contributed by atoms with Crippen LogP contribution in [-0.4, -0.2) is 132 Å². The normalized spacial score (nSPS) is 22.0. The van der Waals surface area contributed by atoms with Crippen LogP contribution in [0.3, 0.4) is 0 Å². The Balaban J connectivity index is 1.06. The number of nitrogens with one attached hydrogen (secondary N) is 6. The van der Waals surface area contributed by atoms with E-state index in [1.165, 1.54) is 6.20 Å². The number of H-pyrrole nitrogens is 1. The fourth-order valence-electron chi connectivity index (χ4n) is 7.17. The van der Waals surface area contributed by atoms with Gasteiger partial charge in [-0.05, 0) is 56.7 Å². The molecule has 5 amide bonds. The molecule has 3 aliphatic rings. The van der Waals surface area contributed by atoms with E-state index in [-0.39, 0.29) is 55.0 Å². The number of thioether (sulfide) groups is 1. The van der Waals surface area contributed by atoms with Crippen molar-refractivity contribution in [2.24, 2.45) is 11.8 Å². The number of unbranched alkanes of at least 4 members (excludes halogenated alkanes) is 3. The van der Waals surface area contributed by atoms with Gasteiger partial charge in [-0.15, -0.1) is 11.8 Å². The van der Waals surface area contributed by atoms with Gasteiger partial charge in [-0.25, -0.2) is 32.5 Å². The molecule has 5 rings (SSSR count). The van der Waals surface area contributed by atoms with Gasteiger partial charge in [0.2, 0.25) is 11.8 Å². The van der Waals surface area contributed by atoms with Gasteiger partial charge in [-0.1, -0.05) is 12.8 Å². The predicted molar refractivity (Wildman–Crippen MR) is 207 cm³/mol. The number of rotatable bonds is 19. The van der Waals surface area contributed by atoms with Crippen molar-refractivity contribution in [3.8, 4) is 11.3 Å². The highest BCUT2D eigenvalue weighted by Crippen LogP contribution is 2.36. The SMILES string of the molecule is C[C@@H](COC(=O)NCCCCCCNC(=O)CC1SC[C@@H](C(=O)O)NC1=O)NC(=O)N(C[C@@H]1CNC[C@@H]1F)[C@@H](c1ncc(-c2cc(F)ccc2F)[nH]1)C1CCOCC1. The number of aromatic amines is 1. The third-order valence-electron chi connectivity index (χ3n) is 10.4. The molecule has 6 atom stereocenters. The molecule has 0 bridgehead atoms. The van der Waals surface area contributed by atoms with Crippen molar-refractivity contribution in [2.45, 2.75) is 81.4 Å². The van der Waals surface area contributed by atoms with Gasteiger partial charge in [0.05, 0.1) is 29.2 Å². The Morgan fingerprint density at radius 2 is 1.83 bits per heavy atom. The summed E-state index contributed by atoms with van der Waals surface area (Å²) in [5, 5.41) is 22.2. The molecule has 0 spiro atoms. The van der Waals surface area contributed by atoms with Crippen LogP contribution in [0, 0.1) is 23.5 Å². The number of aromatic nitrogens is 2. The molecule has 0 aliphatic carbocycles. The lowest BCUT2D eigenvalue weighted by molar-refractivity contribution is -0.141. The lowest BCUT2D eigenvalue weighted by atomic mass is 9.89. The second kappa shape index (κ2) is 22.0. The number of alkyl carbamates (subject to hydrolysis) is 1. The number of carbonyl (C=O) groups is 5. The van der Waals surface area contributed by atoms with Gasteiger partial charge < -0.3 is 51.0 Å². The molecule has 58 heavy (non-hydrogen) atoms. The van der Waals surface area contributed by atoms with Crippen molar-refractivity contribution < 1.29 is 51.7 Å². The van der Waals surface area contributed by atoms with Crippen LogP contribution in [0.1, 0.15) is 63.7 Å². The third-order valence-corrected chi connectivity index (χ3v) is 11.7. The number of carbonyl (C=O) groups excluding carboxylic acids is 4. The summed E-state index contributed by atoms with van der Waals surface area (Å²) in [6, 6.07) is 0.323. The summed E-state index contributed by atoms with van der Waals surface area (Å²) < 4.78 is 54.7. The molecule has 4 heterocycles. The van der Waals surface area contributed by atoms with Crippen LogP contribution in [0.15, 0.2) is 24.4 Å². The van der Waals surface area contributed by atoms with Crippen molar-refractivity contribution in [3.05, 3.63) is 41.9 Å². The van der Waals surface area contributed by atoms with Gasteiger partial charge in [-0.3, -0.25) is 9.59 Å². The Morgan fingerprint density at radius 3 is 2.52 bits per heavy atom. The van der Waals surface area contributed by atoms with Crippen molar-refractivity contribution >= 4 is 41.7 Å². The number of benzene rings is 1. The molecular formula is C38H53F3N8O8S. The molecule has 7 N–H and O–H groups in total. The van der Waals surface area contributed by atoms with Gasteiger partial charge in [0, 0.05) is 69.6 Å². The van der Waals surface area contributed by atoms with E-state index < -0.39 is 71.1 Å². The maximum absolute atomic E-state index is 15.0. The number of nitrogens with zero attached hydrogens (tertiary/aromatic N) is 2. The quantitative estimate of drug-likeness (QED) is 0.102. The topological polar surface area (TPSA) is 216 Å². The van der Waals surface area contributed by atoms with E-state index in [0.29, 0.717) is 64.4 Å². The molecule has 1 unspecified atom stereocenters. The van der Waals surface area contributed by atoms with Gasteiger partial charge in [-0.2, -0.15) is 0 Å². The molecule has 20 heteroatoms. The number of ether oxygens (including phenoxy) is 2. The summed E-state index contributed by atoms with van der Waals surface area (Å²) in [7, 11) is 0. The summed E-state index contributed by atoms with van der Waals surface area (Å²) in [5.41, 5.74) is 0.216. The van der Waals surface area contributed by atoms with Gasteiger partial charge in [0.15, 0.2) is 0 Å². The lowest BCUT2D eigenvalue weighted by Gasteiger charge is -2.39.